The average molecular weight is 493 g/mol. The van der Waals surface area contributed by atoms with Crippen molar-refractivity contribution < 1.29 is 22.8 Å². The fourth-order valence-corrected chi connectivity index (χ4v) is 3.11. The van der Waals surface area contributed by atoms with Gasteiger partial charge >= 0.3 is 6.18 Å². The summed E-state index contributed by atoms with van der Waals surface area (Å²) in [7, 11) is 0. The zero-order chi connectivity index (χ0) is 22.8. The van der Waals surface area contributed by atoms with Gasteiger partial charge in [0.1, 0.15) is 6.04 Å². The maximum atomic E-state index is 13.1. The predicted octanol–water partition coefficient (Wildman–Crippen LogP) is 3.77. The second-order valence-corrected chi connectivity index (χ2v) is 8.00. The Bertz CT molecular complexity index is 935. The second-order valence-electron chi connectivity index (χ2n) is 7.21. The lowest BCUT2D eigenvalue weighted by Crippen LogP contribution is -2.30. The summed E-state index contributed by atoms with van der Waals surface area (Å²) in [6, 6.07) is -1.06. The van der Waals surface area contributed by atoms with Crippen molar-refractivity contribution in [2.75, 3.05) is 11.9 Å². The molecule has 2 rings (SSSR count). The summed E-state index contributed by atoms with van der Waals surface area (Å²) in [4.78, 5) is 25.2. The third-order valence-electron chi connectivity index (χ3n) is 4.32. The van der Waals surface area contributed by atoms with Gasteiger partial charge < -0.3 is 10.6 Å². The molecule has 2 aromatic heterocycles. The molecule has 0 bridgehead atoms. The minimum atomic E-state index is -4.66. The number of anilines is 1. The number of aryl methyl sites for hydroxylation is 1. The van der Waals surface area contributed by atoms with Crippen molar-refractivity contribution >= 4 is 33.4 Å². The Morgan fingerprint density at radius 3 is 2.37 bits per heavy atom. The molecule has 0 radical (unpaired) electrons. The Hall–Kier alpha value is -2.37. The molecule has 30 heavy (non-hydrogen) atoms. The topological polar surface area (TPSA) is 93.8 Å². The van der Waals surface area contributed by atoms with Crippen LogP contribution in [0.5, 0.6) is 0 Å². The number of rotatable bonds is 7. The Morgan fingerprint density at radius 1 is 1.23 bits per heavy atom. The fourth-order valence-electron chi connectivity index (χ4n) is 2.63. The highest BCUT2D eigenvalue weighted by Gasteiger charge is 2.39. The molecule has 0 saturated carbocycles. The van der Waals surface area contributed by atoms with Crippen molar-refractivity contribution in [2.45, 2.75) is 53.4 Å². The third-order valence-corrected chi connectivity index (χ3v) is 5.27. The number of carbonyl (C=O) groups excluding carboxylic acids is 2. The number of hydrogen-bond acceptors (Lipinski definition) is 4. The van der Waals surface area contributed by atoms with Gasteiger partial charge in [-0.15, -0.1) is 0 Å². The second kappa shape index (κ2) is 9.19. The molecular formula is C18H24BrF3N6O2. The summed E-state index contributed by atoms with van der Waals surface area (Å²) in [5, 5.41) is 13.0. The molecule has 166 valence electrons. The minimum Gasteiger partial charge on any atom is -0.350 e. The summed E-state index contributed by atoms with van der Waals surface area (Å²) in [6.45, 7) is 9.45. The van der Waals surface area contributed by atoms with E-state index in [-0.39, 0.29) is 27.5 Å². The highest BCUT2D eigenvalue weighted by Crippen LogP contribution is 2.36. The van der Waals surface area contributed by atoms with Gasteiger partial charge in [-0.25, -0.2) is 0 Å². The highest BCUT2D eigenvalue weighted by atomic mass is 79.9. The van der Waals surface area contributed by atoms with Crippen LogP contribution in [0.25, 0.3) is 0 Å². The van der Waals surface area contributed by atoms with Gasteiger partial charge in [0.2, 0.25) is 5.91 Å². The Kier molecular flexibility index (Phi) is 7.32. The quantitative estimate of drug-likeness (QED) is 0.614. The summed E-state index contributed by atoms with van der Waals surface area (Å²) in [5.41, 5.74) is -0.737. The molecule has 0 aliphatic heterocycles. The van der Waals surface area contributed by atoms with Crippen LogP contribution in [0.15, 0.2) is 10.7 Å². The van der Waals surface area contributed by atoms with Crippen molar-refractivity contribution in [3.63, 3.8) is 0 Å². The molecule has 2 heterocycles. The maximum absolute atomic E-state index is 13.1. The molecule has 0 aliphatic rings. The molecule has 2 amide bonds. The molecule has 0 aliphatic carbocycles. The number of nitrogens with zero attached hydrogens (tertiary/aromatic N) is 4. The number of alkyl halides is 3. The number of aromatic nitrogens is 4. The SMILES string of the molecule is CCn1cc(NC(=O)C(C)n2nc(C(F)(F)F)c(Br)c2C)c(C(=O)NCC(C)C)n1. The Balaban J connectivity index is 2.28. The van der Waals surface area contributed by atoms with Crippen LogP contribution >= 0.6 is 15.9 Å². The third kappa shape index (κ3) is 5.21. The number of halogens is 4. The van der Waals surface area contributed by atoms with E-state index in [4.69, 9.17) is 0 Å². The molecule has 1 unspecified atom stereocenters. The first kappa shape index (κ1) is 23.9. The zero-order valence-electron chi connectivity index (χ0n) is 17.3. The van der Waals surface area contributed by atoms with Crippen LogP contribution in [0.2, 0.25) is 0 Å². The molecule has 1 atom stereocenters. The van der Waals surface area contributed by atoms with Crippen molar-refractivity contribution in [1.82, 2.24) is 24.9 Å². The standard InChI is InChI=1S/C18H24BrF3N6O2/c1-6-27-8-12(14(25-27)17(30)23-7-9(2)3)24-16(29)11(5)28-10(4)13(19)15(26-28)18(20,21)22/h8-9,11H,6-7H2,1-5H3,(H,23,30)(H,24,29). The molecule has 0 saturated heterocycles. The number of nitrogens with one attached hydrogen (secondary N) is 2. The molecule has 2 aromatic rings. The van der Waals surface area contributed by atoms with Gasteiger partial charge in [-0.3, -0.25) is 19.0 Å². The van der Waals surface area contributed by atoms with Crippen LogP contribution in [0, 0.1) is 12.8 Å². The first-order valence-corrected chi connectivity index (χ1v) is 10.1. The number of carbonyl (C=O) groups is 2. The van der Waals surface area contributed by atoms with E-state index in [1.165, 1.54) is 24.7 Å². The predicted molar refractivity (Wildman–Crippen MR) is 108 cm³/mol. The largest absolute Gasteiger partial charge is 0.436 e. The van der Waals surface area contributed by atoms with E-state index in [0.717, 1.165) is 4.68 Å². The molecule has 0 aromatic carbocycles. The highest BCUT2D eigenvalue weighted by molar-refractivity contribution is 9.10. The van der Waals surface area contributed by atoms with Gasteiger partial charge in [0.05, 0.1) is 15.9 Å². The molecule has 0 spiro atoms. The van der Waals surface area contributed by atoms with E-state index in [9.17, 15) is 22.8 Å². The summed E-state index contributed by atoms with van der Waals surface area (Å²) >= 11 is 2.89. The Labute approximate surface area is 180 Å². The van der Waals surface area contributed by atoms with Crippen LogP contribution in [0.1, 0.15) is 55.6 Å². The minimum absolute atomic E-state index is 0.0346. The lowest BCUT2D eigenvalue weighted by molar-refractivity contribution is -0.142. The van der Waals surface area contributed by atoms with E-state index in [2.05, 4.69) is 36.8 Å². The molecular weight excluding hydrogens is 469 g/mol. The molecule has 2 N–H and O–H groups in total. The summed E-state index contributed by atoms with van der Waals surface area (Å²) in [6.07, 6.45) is -3.16. The van der Waals surface area contributed by atoms with E-state index < -0.39 is 29.7 Å². The van der Waals surface area contributed by atoms with Crippen molar-refractivity contribution in [1.29, 1.82) is 0 Å². The van der Waals surface area contributed by atoms with Crippen molar-refractivity contribution in [3.8, 4) is 0 Å². The van der Waals surface area contributed by atoms with Gasteiger partial charge in [0.25, 0.3) is 5.91 Å². The van der Waals surface area contributed by atoms with Gasteiger partial charge in [-0.1, -0.05) is 13.8 Å². The van der Waals surface area contributed by atoms with Gasteiger partial charge in [-0.05, 0) is 42.6 Å². The van der Waals surface area contributed by atoms with Crippen molar-refractivity contribution in [2.24, 2.45) is 5.92 Å². The number of amides is 2. The van der Waals surface area contributed by atoms with Crippen LogP contribution < -0.4 is 10.6 Å². The average Bonchev–Trinajstić information content (AvgIpc) is 3.20. The van der Waals surface area contributed by atoms with E-state index >= 15 is 0 Å². The molecule has 0 fully saturated rings. The number of hydrogen-bond donors (Lipinski definition) is 2. The molecule has 8 nitrogen and oxygen atoms in total. The normalized spacial score (nSPS) is 12.9. The van der Waals surface area contributed by atoms with Gasteiger partial charge in [0, 0.05) is 19.3 Å². The van der Waals surface area contributed by atoms with E-state index in [1.807, 2.05) is 20.8 Å². The lowest BCUT2D eigenvalue weighted by Gasteiger charge is -2.14. The van der Waals surface area contributed by atoms with Crippen LogP contribution in [-0.4, -0.2) is 37.9 Å². The van der Waals surface area contributed by atoms with Crippen LogP contribution in [0.3, 0.4) is 0 Å². The Morgan fingerprint density at radius 2 is 1.87 bits per heavy atom. The lowest BCUT2D eigenvalue weighted by atomic mass is 10.2. The van der Waals surface area contributed by atoms with Crippen molar-refractivity contribution in [3.05, 3.63) is 27.8 Å². The zero-order valence-corrected chi connectivity index (χ0v) is 18.8. The summed E-state index contributed by atoms with van der Waals surface area (Å²) in [5.74, 6) is -0.851. The fraction of sp³-hybridized carbons (Fsp3) is 0.556. The first-order valence-electron chi connectivity index (χ1n) is 9.35. The van der Waals surface area contributed by atoms with Gasteiger partial charge in [-0.2, -0.15) is 23.4 Å². The summed E-state index contributed by atoms with van der Waals surface area (Å²) < 4.78 is 41.6. The van der Waals surface area contributed by atoms with E-state index in [1.54, 1.807) is 0 Å². The smallest absolute Gasteiger partial charge is 0.350 e. The monoisotopic (exact) mass is 492 g/mol. The van der Waals surface area contributed by atoms with Crippen LogP contribution in [0.4, 0.5) is 18.9 Å². The first-order chi connectivity index (χ1) is 13.9. The van der Waals surface area contributed by atoms with Crippen LogP contribution in [-0.2, 0) is 17.5 Å². The molecule has 12 heteroatoms. The maximum Gasteiger partial charge on any atom is 0.436 e. The van der Waals surface area contributed by atoms with E-state index in [0.29, 0.717) is 13.1 Å². The van der Waals surface area contributed by atoms with Gasteiger partial charge in [0.15, 0.2) is 11.4 Å².